The van der Waals surface area contributed by atoms with Gasteiger partial charge in [0.1, 0.15) is 18.1 Å². The largest absolute Gasteiger partial charge is 0.480 e. The second-order valence-corrected chi connectivity index (χ2v) is 8.29. The number of benzene rings is 2. The van der Waals surface area contributed by atoms with Crippen molar-refractivity contribution in [2.24, 2.45) is 11.8 Å². The number of carboxylic acids is 1. The van der Waals surface area contributed by atoms with Gasteiger partial charge in [0.15, 0.2) is 0 Å². The third-order valence-electron chi connectivity index (χ3n) is 5.94. The molecule has 1 aliphatic carbocycles. The Labute approximate surface area is 181 Å². The third-order valence-corrected chi connectivity index (χ3v) is 5.94. The first kappa shape index (κ1) is 21.2. The number of nitrogens with zero attached hydrogens (tertiary/aromatic N) is 2. The van der Waals surface area contributed by atoms with E-state index >= 15 is 0 Å². The van der Waals surface area contributed by atoms with Gasteiger partial charge in [0.2, 0.25) is 0 Å². The lowest BCUT2D eigenvalue weighted by Gasteiger charge is -2.28. The maximum atomic E-state index is 13.9. The summed E-state index contributed by atoms with van der Waals surface area (Å²) < 4.78 is 21.1. The van der Waals surface area contributed by atoms with E-state index in [0.29, 0.717) is 18.4 Å². The minimum atomic E-state index is -0.921. The SMILES string of the molecule is O=C(O)COC[C@H]1CC[C@@H](Cn2cc(-c3cccc(F)c3)c(-c3ccccc3)n2)CC1. The van der Waals surface area contributed by atoms with Crippen molar-refractivity contribution in [2.75, 3.05) is 13.2 Å². The highest BCUT2D eigenvalue weighted by atomic mass is 19.1. The van der Waals surface area contributed by atoms with Gasteiger partial charge < -0.3 is 9.84 Å². The van der Waals surface area contributed by atoms with Crippen LogP contribution in [0.1, 0.15) is 25.7 Å². The predicted octanol–water partition coefficient (Wildman–Crippen LogP) is 5.26. The Kier molecular flexibility index (Phi) is 6.77. The molecule has 0 saturated heterocycles. The summed E-state index contributed by atoms with van der Waals surface area (Å²) in [5.74, 6) is -0.237. The summed E-state index contributed by atoms with van der Waals surface area (Å²) in [4.78, 5) is 10.6. The van der Waals surface area contributed by atoms with E-state index in [9.17, 15) is 9.18 Å². The molecule has 0 bridgehead atoms. The van der Waals surface area contributed by atoms with Crippen LogP contribution in [0.5, 0.6) is 0 Å². The van der Waals surface area contributed by atoms with Crippen molar-refractivity contribution < 1.29 is 19.0 Å². The average molecular weight is 423 g/mol. The molecule has 0 unspecified atom stereocenters. The van der Waals surface area contributed by atoms with E-state index in [1.165, 1.54) is 6.07 Å². The molecule has 5 nitrogen and oxygen atoms in total. The van der Waals surface area contributed by atoms with Crippen molar-refractivity contribution in [1.29, 1.82) is 0 Å². The molecule has 1 aromatic heterocycles. The number of rotatable bonds is 8. The Morgan fingerprint density at radius 2 is 1.74 bits per heavy atom. The third kappa shape index (κ3) is 5.58. The molecule has 0 atom stereocenters. The predicted molar refractivity (Wildman–Crippen MR) is 117 cm³/mol. The molecule has 1 heterocycles. The molecule has 0 spiro atoms. The monoisotopic (exact) mass is 422 g/mol. The van der Waals surface area contributed by atoms with Crippen molar-refractivity contribution in [1.82, 2.24) is 9.78 Å². The Balaban J connectivity index is 1.47. The number of hydrogen-bond donors (Lipinski definition) is 1. The normalized spacial score (nSPS) is 18.7. The summed E-state index contributed by atoms with van der Waals surface area (Å²) in [6, 6.07) is 16.6. The Morgan fingerprint density at radius 1 is 1.03 bits per heavy atom. The fourth-order valence-corrected chi connectivity index (χ4v) is 4.35. The topological polar surface area (TPSA) is 64.3 Å². The number of aromatic nitrogens is 2. The standard InChI is InChI=1S/C25H27FN2O3/c26-22-8-4-7-21(13-22)23-15-28(27-25(23)20-5-2-1-3-6-20)14-18-9-11-19(12-10-18)16-31-17-24(29)30/h1-8,13,15,18-19H,9-12,14,16-17H2,(H,29,30)/t18-,19+. The van der Waals surface area contributed by atoms with Gasteiger partial charge in [0, 0.05) is 23.9 Å². The quantitative estimate of drug-likeness (QED) is 0.538. The van der Waals surface area contributed by atoms with Gasteiger partial charge in [-0.2, -0.15) is 5.10 Å². The van der Waals surface area contributed by atoms with Gasteiger partial charge in [-0.1, -0.05) is 42.5 Å². The van der Waals surface area contributed by atoms with Gasteiger partial charge in [-0.3, -0.25) is 4.68 Å². The van der Waals surface area contributed by atoms with Crippen LogP contribution < -0.4 is 0 Å². The molecule has 0 radical (unpaired) electrons. The van der Waals surface area contributed by atoms with E-state index in [1.54, 1.807) is 12.1 Å². The van der Waals surface area contributed by atoms with Gasteiger partial charge in [-0.05, 0) is 55.2 Å². The Morgan fingerprint density at radius 3 is 2.45 bits per heavy atom. The van der Waals surface area contributed by atoms with Gasteiger partial charge in [0.05, 0.1) is 6.61 Å². The zero-order valence-electron chi connectivity index (χ0n) is 17.4. The van der Waals surface area contributed by atoms with Crippen LogP contribution in [0.2, 0.25) is 0 Å². The first-order valence-electron chi connectivity index (χ1n) is 10.8. The van der Waals surface area contributed by atoms with E-state index in [2.05, 4.69) is 0 Å². The van der Waals surface area contributed by atoms with E-state index in [-0.39, 0.29) is 12.4 Å². The number of hydrogen-bond acceptors (Lipinski definition) is 3. The molecule has 2 aromatic carbocycles. The van der Waals surface area contributed by atoms with Crippen molar-refractivity contribution in [2.45, 2.75) is 32.2 Å². The van der Waals surface area contributed by atoms with E-state index in [0.717, 1.165) is 54.6 Å². The van der Waals surface area contributed by atoms with Crippen LogP contribution in [0.4, 0.5) is 4.39 Å². The van der Waals surface area contributed by atoms with Crippen molar-refractivity contribution in [3.63, 3.8) is 0 Å². The molecular weight excluding hydrogens is 395 g/mol. The highest BCUT2D eigenvalue weighted by molar-refractivity contribution is 5.80. The van der Waals surface area contributed by atoms with Crippen molar-refractivity contribution in [3.05, 3.63) is 66.6 Å². The van der Waals surface area contributed by atoms with Crippen LogP contribution in [-0.4, -0.2) is 34.1 Å². The first-order chi connectivity index (χ1) is 15.1. The molecule has 162 valence electrons. The Hall–Kier alpha value is -2.99. The maximum absolute atomic E-state index is 13.9. The van der Waals surface area contributed by atoms with E-state index < -0.39 is 5.97 Å². The summed E-state index contributed by atoms with van der Waals surface area (Å²) in [6.07, 6.45) is 6.23. The summed E-state index contributed by atoms with van der Waals surface area (Å²) in [7, 11) is 0. The number of halogens is 1. The van der Waals surface area contributed by atoms with Crippen LogP contribution in [0.25, 0.3) is 22.4 Å². The summed E-state index contributed by atoms with van der Waals surface area (Å²) in [6.45, 7) is 1.11. The summed E-state index contributed by atoms with van der Waals surface area (Å²) >= 11 is 0. The molecular formula is C25H27FN2O3. The minimum absolute atomic E-state index is 0.224. The van der Waals surface area contributed by atoms with Gasteiger partial charge in [-0.25, -0.2) is 9.18 Å². The molecule has 0 amide bonds. The Bertz CT molecular complexity index is 1010. The van der Waals surface area contributed by atoms with Crippen molar-refractivity contribution >= 4 is 5.97 Å². The highest BCUT2D eigenvalue weighted by Crippen LogP contribution is 2.34. The zero-order valence-corrected chi connectivity index (χ0v) is 17.4. The lowest BCUT2D eigenvalue weighted by Crippen LogP contribution is -2.23. The number of carbonyl (C=O) groups is 1. The van der Waals surface area contributed by atoms with Crippen LogP contribution >= 0.6 is 0 Å². The van der Waals surface area contributed by atoms with Crippen LogP contribution in [0.3, 0.4) is 0 Å². The van der Waals surface area contributed by atoms with Gasteiger partial charge in [-0.15, -0.1) is 0 Å². The molecule has 1 fully saturated rings. The molecule has 1 N–H and O–H groups in total. The van der Waals surface area contributed by atoms with Crippen molar-refractivity contribution in [3.8, 4) is 22.4 Å². The molecule has 1 saturated carbocycles. The summed E-state index contributed by atoms with van der Waals surface area (Å²) in [5, 5.41) is 13.6. The second-order valence-electron chi connectivity index (χ2n) is 8.29. The smallest absolute Gasteiger partial charge is 0.329 e. The number of aliphatic carboxylic acids is 1. The van der Waals surface area contributed by atoms with Gasteiger partial charge >= 0.3 is 5.97 Å². The zero-order chi connectivity index (χ0) is 21.6. The number of ether oxygens (including phenoxy) is 1. The fraction of sp³-hybridized carbons (Fsp3) is 0.360. The van der Waals surface area contributed by atoms with E-state index in [4.69, 9.17) is 14.9 Å². The van der Waals surface area contributed by atoms with Crippen LogP contribution in [-0.2, 0) is 16.1 Å². The molecule has 3 aromatic rings. The van der Waals surface area contributed by atoms with E-state index in [1.807, 2.05) is 47.3 Å². The molecule has 31 heavy (non-hydrogen) atoms. The maximum Gasteiger partial charge on any atom is 0.329 e. The second kappa shape index (κ2) is 9.88. The number of carboxylic acid groups (broad SMARTS) is 1. The molecule has 6 heteroatoms. The van der Waals surface area contributed by atoms with Crippen LogP contribution in [0, 0.1) is 17.7 Å². The lowest BCUT2D eigenvalue weighted by atomic mass is 9.82. The fourth-order valence-electron chi connectivity index (χ4n) is 4.35. The molecule has 4 rings (SSSR count). The first-order valence-corrected chi connectivity index (χ1v) is 10.8. The minimum Gasteiger partial charge on any atom is -0.480 e. The van der Waals surface area contributed by atoms with Crippen LogP contribution in [0.15, 0.2) is 60.8 Å². The van der Waals surface area contributed by atoms with Gasteiger partial charge in [0.25, 0.3) is 0 Å². The molecule has 1 aliphatic rings. The summed E-state index contributed by atoms with van der Waals surface area (Å²) in [5.41, 5.74) is 3.63. The highest BCUT2D eigenvalue weighted by Gasteiger charge is 2.23. The molecule has 0 aliphatic heterocycles. The lowest BCUT2D eigenvalue weighted by molar-refractivity contribution is -0.142. The average Bonchev–Trinajstić information content (AvgIpc) is 3.19.